The molecule has 6 heteroatoms. The second-order valence-corrected chi connectivity index (χ2v) is 6.66. The van der Waals surface area contributed by atoms with Crippen molar-refractivity contribution in [2.45, 2.75) is 38.0 Å². The fraction of sp³-hybridized carbons (Fsp3) is 0.300. The Morgan fingerprint density at radius 3 is 2.35 bits per heavy atom. The normalized spacial score (nSPS) is 15.6. The minimum absolute atomic E-state index is 0.176. The summed E-state index contributed by atoms with van der Waals surface area (Å²) in [4.78, 5) is 25.0. The Hall–Kier alpha value is -2.53. The number of carbonyl (C=O) groups excluding carboxylic acids is 2. The molecular formula is C20H20ClNO4. The van der Waals surface area contributed by atoms with Gasteiger partial charge >= 0.3 is 5.97 Å². The molecule has 0 saturated heterocycles. The Morgan fingerprint density at radius 2 is 1.73 bits per heavy atom. The van der Waals surface area contributed by atoms with Gasteiger partial charge in [0.25, 0.3) is 5.91 Å². The van der Waals surface area contributed by atoms with Crippen LogP contribution >= 0.6 is 11.6 Å². The van der Waals surface area contributed by atoms with Gasteiger partial charge in [0.05, 0.1) is 0 Å². The van der Waals surface area contributed by atoms with Gasteiger partial charge in [-0.05, 0) is 44.0 Å². The number of hydrogen-bond acceptors (Lipinski definition) is 4. The van der Waals surface area contributed by atoms with Crippen LogP contribution in [-0.2, 0) is 14.3 Å². The van der Waals surface area contributed by atoms with Crippen LogP contribution in [0.15, 0.2) is 54.6 Å². The van der Waals surface area contributed by atoms with Crippen LogP contribution in [0.25, 0.3) is 0 Å². The summed E-state index contributed by atoms with van der Waals surface area (Å²) in [6.45, 7) is 1.58. The van der Waals surface area contributed by atoms with Crippen molar-refractivity contribution in [3.63, 3.8) is 0 Å². The average molecular weight is 374 g/mol. The first kappa shape index (κ1) is 18.3. The van der Waals surface area contributed by atoms with Crippen LogP contribution < -0.4 is 10.1 Å². The Bertz CT molecular complexity index is 759. The molecule has 3 rings (SSSR count). The molecule has 0 unspecified atom stereocenters. The van der Waals surface area contributed by atoms with Gasteiger partial charge in [0, 0.05) is 16.6 Å². The molecule has 1 saturated carbocycles. The number of halogens is 1. The van der Waals surface area contributed by atoms with Crippen molar-refractivity contribution < 1.29 is 19.1 Å². The molecule has 26 heavy (non-hydrogen) atoms. The van der Waals surface area contributed by atoms with Gasteiger partial charge in [-0.2, -0.15) is 0 Å². The van der Waals surface area contributed by atoms with Gasteiger partial charge in [0.15, 0.2) is 6.10 Å². The summed E-state index contributed by atoms with van der Waals surface area (Å²) < 4.78 is 11.1. The molecular weight excluding hydrogens is 354 g/mol. The number of amides is 1. The van der Waals surface area contributed by atoms with E-state index in [2.05, 4.69) is 5.32 Å². The summed E-state index contributed by atoms with van der Waals surface area (Å²) in [5.41, 5.74) is 0.623. The zero-order valence-corrected chi connectivity index (χ0v) is 15.1. The van der Waals surface area contributed by atoms with Crippen LogP contribution in [0.5, 0.6) is 5.75 Å². The van der Waals surface area contributed by atoms with Crippen LogP contribution in [0, 0.1) is 0 Å². The molecule has 0 aliphatic heterocycles. The number of benzene rings is 2. The first-order valence-electron chi connectivity index (χ1n) is 8.51. The lowest BCUT2D eigenvalue weighted by molar-refractivity contribution is -0.162. The van der Waals surface area contributed by atoms with E-state index in [0.29, 0.717) is 16.3 Å². The van der Waals surface area contributed by atoms with E-state index < -0.39 is 18.2 Å². The van der Waals surface area contributed by atoms with Gasteiger partial charge < -0.3 is 14.8 Å². The number of ether oxygens (including phenoxy) is 2. The molecule has 136 valence electrons. The first-order valence-corrected chi connectivity index (χ1v) is 8.89. The smallest absolute Gasteiger partial charge is 0.348 e. The van der Waals surface area contributed by atoms with E-state index >= 15 is 0 Å². The maximum Gasteiger partial charge on any atom is 0.348 e. The highest BCUT2D eigenvalue weighted by molar-refractivity contribution is 6.30. The zero-order valence-electron chi connectivity index (χ0n) is 14.4. The first-order chi connectivity index (χ1) is 12.5. The average Bonchev–Trinajstić information content (AvgIpc) is 3.46. The van der Waals surface area contributed by atoms with Crippen molar-refractivity contribution in [2.24, 2.45) is 0 Å². The molecule has 0 radical (unpaired) electrons. The molecule has 5 nitrogen and oxygen atoms in total. The number of carbonyl (C=O) groups is 2. The highest BCUT2D eigenvalue weighted by Crippen LogP contribution is 2.24. The summed E-state index contributed by atoms with van der Waals surface area (Å²) >= 11 is 5.84. The monoisotopic (exact) mass is 373 g/mol. The highest BCUT2D eigenvalue weighted by atomic mass is 35.5. The van der Waals surface area contributed by atoms with E-state index in [-0.39, 0.29) is 11.9 Å². The Morgan fingerprint density at radius 1 is 1.08 bits per heavy atom. The summed E-state index contributed by atoms with van der Waals surface area (Å²) in [6, 6.07) is 15.8. The molecule has 2 aromatic carbocycles. The number of hydrogen-bond donors (Lipinski definition) is 1. The van der Waals surface area contributed by atoms with Crippen LogP contribution in [0.3, 0.4) is 0 Å². The van der Waals surface area contributed by atoms with Gasteiger partial charge in [-0.15, -0.1) is 0 Å². The minimum atomic E-state index is -0.999. The summed E-state index contributed by atoms with van der Waals surface area (Å²) in [6.07, 6.45) is 0.0471. The fourth-order valence-electron chi connectivity index (χ4n) is 2.38. The van der Waals surface area contributed by atoms with Crippen LogP contribution in [0.1, 0.15) is 31.4 Å². The van der Waals surface area contributed by atoms with E-state index in [0.717, 1.165) is 12.8 Å². The lowest BCUT2D eigenvalue weighted by Crippen LogP contribution is -2.36. The van der Waals surface area contributed by atoms with E-state index in [9.17, 15) is 9.59 Å². The number of rotatable bonds is 7. The lowest BCUT2D eigenvalue weighted by Gasteiger charge is -2.20. The standard InChI is InChI=1S/C20H20ClNO4/c1-13(25-17-11-7-15(21)8-12-17)20(24)26-18(14-5-3-2-4-6-14)19(23)22-16-9-10-16/h2-8,11-13,16,18H,9-10H2,1H3,(H,22,23)/t13-,18+/m1/s1. The van der Waals surface area contributed by atoms with Crippen molar-refractivity contribution in [2.75, 3.05) is 0 Å². The van der Waals surface area contributed by atoms with E-state index in [4.69, 9.17) is 21.1 Å². The molecule has 1 aliphatic carbocycles. The highest BCUT2D eigenvalue weighted by Gasteiger charge is 2.32. The topological polar surface area (TPSA) is 64.6 Å². The maximum absolute atomic E-state index is 12.5. The molecule has 0 spiro atoms. The third-order valence-corrected chi connectivity index (χ3v) is 4.21. The zero-order chi connectivity index (χ0) is 18.5. The predicted molar refractivity (Wildman–Crippen MR) is 98.0 cm³/mol. The van der Waals surface area contributed by atoms with Gasteiger partial charge in [0.2, 0.25) is 6.10 Å². The maximum atomic E-state index is 12.5. The largest absolute Gasteiger partial charge is 0.479 e. The van der Waals surface area contributed by atoms with Crippen molar-refractivity contribution in [1.82, 2.24) is 5.32 Å². The summed E-state index contributed by atoms with van der Waals surface area (Å²) in [5.74, 6) is -0.428. The number of esters is 1. The van der Waals surface area contributed by atoms with Crippen LogP contribution in [0.4, 0.5) is 0 Å². The van der Waals surface area contributed by atoms with Crippen LogP contribution in [-0.4, -0.2) is 24.0 Å². The Labute approximate surface area is 157 Å². The number of nitrogens with one attached hydrogen (secondary N) is 1. The molecule has 2 atom stereocenters. The fourth-order valence-corrected chi connectivity index (χ4v) is 2.51. The van der Waals surface area contributed by atoms with Crippen molar-refractivity contribution in [3.8, 4) is 5.75 Å². The molecule has 2 aromatic rings. The van der Waals surface area contributed by atoms with Crippen molar-refractivity contribution in [3.05, 3.63) is 65.2 Å². The van der Waals surface area contributed by atoms with E-state index in [1.54, 1.807) is 55.5 Å². The quantitative estimate of drug-likeness (QED) is 0.752. The van der Waals surface area contributed by atoms with Gasteiger partial charge in [-0.1, -0.05) is 41.9 Å². The minimum Gasteiger partial charge on any atom is -0.479 e. The van der Waals surface area contributed by atoms with Crippen molar-refractivity contribution in [1.29, 1.82) is 0 Å². The molecule has 1 N–H and O–H groups in total. The second kappa shape index (κ2) is 8.23. The molecule has 0 aromatic heterocycles. The molecule has 1 amide bonds. The third kappa shape index (κ3) is 4.99. The van der Waals surface area contributed by atoms with E-state index in [1.807, 2.05) is 6.07 Å². The molecule has 0 heterocycles. The second-order valence-electron chi connectivity index (χ2n) is 6.22. The Balaban J connectivity index is 1.67. The molecule has 0 bridgehead atoms. The molecule has 1 fully saturated rings. The lowest BCUT2D eigenvalue weighted by atomic mass is 10.1. The third-order valence-electron chi connectivity index (χ3n) is 3.96. The molecule has 1 aliphatic rings. The van der Waals surface area contributed by atoms with Crippen molar-refractivity contribution >= 4 is 23.5 Å². The summed E-state index contributed by atoms with van der Waals surface area (Å²) in [5, 5.41) is 3.46. The van der Waals surface area contributed by atoms with Gasteiger partial charge in [-0.25, -0.2) is 4.79 Å². The predicted octanol–water partition coefficient (Wildman–Crippen LogP) is 3.67. The summed E-state index contributed by atoms with van der Waals surface area (Å²) in [7, 11) is 0. The van der Waals surface area contributed by atoms with Gasteiger partial charge in [0.1, 0.15) is 5.75 Å². The SMILES string of the molecule is C[C@@H](Oc1ccc(Cl)cc1)C(=O)O[C@H](C(=O)NC1CC1)c1ccccc1. The van der Waals surface area contributed by atoms with E-state index in [1.165, 1.54) is 0 Å². The van der Waals surface area contributed by atoms with Gasteiger partial charge in [-0.3, -0.25) is 4.79 Å². The Kier molecular flexibility index (Phi) is 5.78. The van der Waals surface area contributed by atoms with Crippen LogP contribution in [0.2, 0.25) is 5.02 Å².